The number of halogens is 1. The minimum absolute atomic E-state index is 0.0647. The summed E-state index contributed by atoms with van der Waals surface area (Å²) in [5, 5.41) is 20.2. The number of benzene rings is 2. The summed E-state index contributed by atoms with van der Waals surface area (Å²) in [7, 11) is 0. The first-order valence-electron chi connectivity index (χ1n) is 11.9. The molecule has 5 heterocycles. The Morgan fingerprint density at radius 2 is 1.97 bits per heavy atom. The van der Waals surface area contributed by atoms with E-state index in [9.17, 15) is 4.79 Å². The van der Waals surface area contributed by atoms with Crippen LogP contribution in [0.15, 0.2) is 72.0 Å². The molecule has 0 bridgehead atoms. The van der Waals surface area contributed by atoms with E-state index < -0.39 is 0 Å². The van der Waals surface area contributed by atoms with Crippen LogP contribution in [0.3, 0.4) is 0 Å². The van der Waals surface area contributed by atoms with E-state index in [1.807, 2.05) is 35.0 Å². The number of pyridine rings is 1. The number of H-pyrrole nitrogens is 2. The maximum atomic E-state index is 13.6. The summed E-state index contributed by atoms with van der Waals surface area (Å²) < 4.78 is 3.47. The molecule has 1 fully saturated rings. The van der Waals surface area contributed by atoms with Crippen LogP contribution in [0.25, 0.3) is 39.0 Å². The van der Waals surface area contributed by atoms with Gasteiger partial charge in [-0.15, -0.1) is 5.10 Å². The third-order valence-electron chi connectivity index (χ3n) is 7.49. The number of hydrogen-bond donors (Lipinski definition) is 2. The lowest BCUT2D eigenvalue weighted by molar-refractivity contribution is 0.515. The van der Waals surface area contributed by atoms with Crippen molar-refractivity contribution in [3.05, 3.63) is 94.1 Å². The van der Waals surface area contributed by atoms with Crippen molar-refractivity contribution in [1.82, 2.24) is 44.9 Å². The second kappa shape index (κ2) is 7.47. The van der Waals surface area contributed by atoms with Gasteiger partial charge in [0.2, 0.25) is 0 Å². The fourth-order valence-corrected chi connectivity index (χ4v) is 5.89. The SMILES string of the molecule is O=c1cc(-c2cc(Cl)ccc2-n2cnnn2)cc2n1[C@H](c1ncc(-c3ccc4[nH]ncc4c3)[nH]1)[C@H]1C[C@@H]21. The molecule has 1 aliphatic heterocycles. The van der Waals surface area contributed by atoms with Gasteiger partial charge in [-0.25, -0.2) is 4.98 Å². The molecule has 6 aromatic rings. The number of tetrazole rings is 1. The zero-order chi connectivity index (χ0) is 24.7. The van der Waals surface area contributed by atoms with E-state index in [4.69, 9.17) is 16.6 Å². The van der Waals surface area contributed by atoms with Crippen molar-refractivity contribution in [1.29, 1.82) is 0 Å². The predicted molar refractivity (Wildman–Crippen MR) is 137 cm³/mol. The minimum Gasteiger partial charge on any atom is -0.340 e. The number of nitrogens with zero attached hydrogens (tertiary/aromatic N) is 7. The lowest BCUT2D eigenvalue weighted by Crippen LogP contribution is -2.26. The van der Waals surface area contributed by atoms with Crippen LogP contribution in [0.5, 0.6) is 0 Å². The van der Waals surface area contributed by atoms with Gasteiger partial charge in [-0.05, 0) is 64.7 Å². The number of nitrogens with one attached hydrogen (secondary N) is 2. The maximum absolute atomic E-state index is 13.6. The molecule has 2 aliphatic rings. The molecule has 37 heavy (non-hydrogen) atoms. The van der Waals surface area contributed by atoms with E-state index in [0.717, 1.165) is 56.9 Å². The van der Waals surface area contributed by atoms with Gasteiger partial charge in [-0.2, -0.15) is 9.78 Å². The summed E-state index contributed by atoms with van der Waals surface area (Å²) in [5.74, 6) is 1.47. The molecule has 4 aromatic heterocycles. The Kier molecular flexibility index (Phi) is 4.16. The molecule has 0 saturated heterocycles. The molecule has 180 valence electrons. The van der Waals surface area contributed by atoms with Gasteiger partial charge in [0, 0.05) is 39.2 Å². The zero-order valence-corrected chi connectivity index (χ0v) is 20.0. The fourth-order valence-electron chi connectivity index (χ4n) is 5.71. The van der Waals surface area contributed by atoms with Gasteiger partial charge in [0.25, 0.3) is 5.56 Å². The predicted octanol–water partition coefficient (Wildman–Crippen LogP) is 4.12. The van der Waals surface area contributed by atoms with Crippen LogP contribution < -0.4 is 5.56 Å². The highest BCUT2D eigenvalue weighted by Gasteiger charge is 2.54. The minimum atomic E-state index is -0.119. The number of imidazole rings is 1. The topological polar surface area (TPSA) is 123 Å². The Morgan fingerprint density at radius 1 is 1.03 bits per heavy atom. The molecule has 1 saturated carbocycles. The van der Waals surface area contributed by atoms with Crippen molar-refractivity contribution in [3.63, 3.8) is 0 Å². The van der Waals surface area contributed by atoms with Gasteiger partial charge < -0.3 is 9.55 Å². The molecule has 0 unspecified atom stereocenters. The molecule has 2 N–H and O–H groups in total. The first kappa shape index (κ1) is 20.6. The van der Waals surface area contributed by atoms with E-state index in [-0.39, 0.29) is 11.6 Å². The van der Waals surface area contributed by atoms with Crippen molar-refractivity contribution in [3.8, 4) is 28.1 Å². The maximum Gasteiger partial charge on any atom is 0.252 e. The fraction of sp³-hybridized carbons (Fsp3) is 0.154. The van der Waals surface area contributed by atoms with Crippen LogP contribution >= 0.6 is 11.6 Å². The van der Waals surface area contributed by atoms with Gasteiger partial charge in [-0.3, -0.25) is 9.89 Å². The molecule has 2 aromatic carbocycles. The molecule has 3 atom stereocenters. The van der Waals surface area contributed by atoms with Crippen molar-refractivity contribution < 1.29 is 0 Å². The van der Waals surface area contributed by atoms with E-state index in [2.05, 4.69) is 42.8 Å². The number of rotatable bonds is 4. The Hall–Kier alpha value is -4.57. The van der Waals surface area contributed by atoms with E-state index in [1.54, 1.807) is 23.0 Å². The quantitative estimate of drug-likeness (QED) is 0.370. The summed E-state index contributed by atoms with van der Waals surface area (Å²) in [4.78, 5) is 21.8. The van der Waals surface area contributed by atoms with Crippen molar-refractivity contribution >= 4 is 22.5 Å². The highest BCUT2D eigenvalue weighted by atomic mass is 35.5. The second-order valence-corrected chi connectivity index (χ2v) is 10.0. The van der Waals surface area contributed by atoms with E-state index in [0.29, 0.717) is 16.9 Å². The Balaban J connectivity index is 1.21. The summed E-state index contributed by atoms with van der Waals surface area (Å²) in [6, 6.07) is 15.2. The number of hydrogen-bond acceptors (Lipinski definition) is 6. The van der Waals surface area contributed by atoms with Crippen LogP contribution in [0.1, 0.15) is 29.9 Å². The van der Waals surface area contributed by atoms with Gasteiger partial charge >= 0.3 is 0 Å². The van der Waals surface area contributed by atoms with Gasteiger partial charge in [0.15, 0.2) is 0 Å². The van der Waals surface area contributed by atoms with Crippen LogP contribution in [0.4, 0.5) is 0 Å². The van der Waals surface area contributed by atoms with Gasteiger partial charge in [0.1, 0.15) is 12.2 Å². The van der Waals surface area contributed by atoms with Crippen LogP contribution in [0.2, 0.25) is 5.02 Å². The zero-order valence-electron chi connectivity index (χ0n) is 19.2. The molecular formula is C26H18ClN9O. The highest BCUT2D eigenvalue weighted by molar-refractivity contribution is 6.31. The standard InChI is InChI=1S/C26H18ClN9O/c27-16-2-4-22(35-12-30-33-34-35)17(8-16)14-6-23-18-9-19(18)25(36(23)24(37)7-14)26-28-11-21(31-26)13-1-3-20-15(5-13)10-29-32-20/h1-8,10-12,18-19,25H,9H2,(H,28,31)(H,29,32)/t18-,19+,25+/m1/s1. The third-order valence-corrected chi connectivity index (χ3v) is 7.73. The molecule has 11 heteroatoms. The lowest BCUT2D eigenvalue weighted by atomic mass is 10.0. The number of aromatic nitrogens is 9. The monoisotopic (exact) mass is 507 g/mol. The first-order valence-corrected chi connectivity index (χ1v) is 12.3. The molecule has 8 rings (SSSR count). The molecule has 10 nitrogen and oxygen atoms in total. The van der Waals surface area contributed by atoms with Crippen molar-refractivity contribution in [2.24, 2.45) is 5.92 Å². The summed E-state index contributed by atoms with van der Waals surface area (Å²) in [6.07, 6.45) is 6.20. The number of fused-ring (bicyclic) bond motifs is 4. The van der Waals surface area contributed by atoms with Crippen molar-refractivity contribution in [2.45, 2.75) is 18.4 Å². The molecule has 0 radical (unpaired) electrons. The Morgan fingerprint density at radius 3 is 2.86 bits per heavy atom. The molecule has 0 amide bonds. The van der Waals surface area contributed by atoms with E-state index >= 15 is 0 Å². The van der Waals surface area contributed by atoms with Crippen molar-refractivity contribution in [2.75, 3.05) is 0 Å². The van der Waals surface area contributed by atoms with Gasteiger partial charge in [0.05, 0.1) is 35.3 Å². The second-order valence-electron chi connectivity index (χ2n) is 9.60. The molecule has 0 spiro atoms. The molecule has 1 aliphatic carbocycles. The van der Waals surface area contributed by atoms with Crippen LogP contribution in [0, 0.1) is 5.92 Å². The third kappa shape index (κ3) is 3.12. The van der Waals surface area contributed by atoms with Gasteiger partial charge in [-0.1, -0.05) is 17.7 Å². The van der Waals surface area contributed by atoms with Crippen LogP contribution in [-0.2, 0) is 0 Å². The number of aromatic amines is 2. The Bertz CT molecular complexity index is 1880. The normalized spacial score (nSPS) is 19.8. The first-order chi connectivity index (χ1) is 18.1. The summed E-state index contributed by atoms with van der Waals surface area (Å²) in [5.41, 5.74) is 6.24. The largest absolute Gasteiger partial charge is 0.340 e. The average molecular weight is 508 g/mol. The molecular weight excluding hydrogens is 490 g/mol. The summed E-state index contributed by atoms with van der Waals surface area (Å²) in [6.45, 7) is 0. The Labute approximate surface area is 213 Å². The highest BCUT2D eigenvalue weighted by Crippen LogP contribution is 2.60. The average Bonchev–Trinajstić information content (AvgIpc) is 3.41. The smallest absolute Gasteiger partial charge is 0.252 e. The van der Waals surface area contributed by atoms with Crippen LogP contribution in [-0.4, -0.2) is 44.9 Å². The summed E-state index contributed by atoms with van der Waals surface area (Å²) >= 11 is 6.34. The lowest BCUT2D eigenvalue weighted by Gasteiger charge is -2.18. The van der Waals surface area contributed by atoms with E-state index in [1.165, 1.54) is 6.33 Å².